The van der Waals surface area contributed by atoms with Gasteiger partial charge < -0.3 is 14.4 Å². The molecule has 1 atom stereocenters. The van der Waals surface area contributed by atoms with Crippen LogP contribution in [0.2, 0.25) is 0 Å². The van der Waals surface area contributed by atoms with Crippen LogP contribution in [0.4, 0.5) is 0 Å². The third kappa shape index (κ3) is 4.31. The van der Waals surface area contributed by atoms with Crippen LogP contribution in [0.5, 0.6) is 11.5 Å². The molecule has 2 heterocycles. The minimum atomic E-state index is -0.339. The van der Waals surface area contributed by atoms with Gasteiger partial charge in [0.05, 0.1) is 7.11 Å². The second-order valence-electron chi connectivity index (χ2n) is 8.62. The van der Waals surface area contributed by atoms with E-state index in [1.54, 1.807) is 29.9 Å². The molecule has 0 saturated heterocycles. The van der Waals surface area contributed by atoms with Gasteiger partial charge >= 0.3 is 0 Å². The maximum atomic E-state index is 13.4. The fourth-order valence-corrected chi connectivity index (χ4v) is 4.56. The highest BCUT2D eigenvalue weighted by Crippen LogP contribution is 2.36. The van der Waals surface area contributed by atoms with Crippen LogP contribution in [0.3, 0.4) is 0 Å². The minimum Gasteiger partial charge on any atom is -0.496 e. The summed E-state index contributed by atoms with van der Waals surface area (Å²) in [6, 6.07) is 28.6. The summed E-state index contributed by atoms with van der Waals surface area (Å²) in [5, 5.41) is 2.04. The second kappa shape index (κ2) is 10.00. The van der Waals surface area contributed by atoms with Crippen molar-refractivity contribution in [1.82, 2.24) is 9.58 Å². The molecule has 0 saturated carbocycles. The Bertz CT molecular complexity index is 1420. The zero-order valence-corrected chi connectivity index (χ0v) is 20.2. The molecule has 0 aliphatic carbocycles. The van der Waals surface area contributed by atoms with Crippen LogP contribution in [0.15, 0.2) is 102 Å². The number of para-hydroxylation sites is 1. The highest BCUT2D eigenvalue weighted by molar-refractivity contribution is 5.96. The molecular weight excluding hydrogens is 454 g/mol. The smallest absolute Gasteiger partial charge is 0.277 e. The van der Waals surface area contributed by atoms with Gasteiger partial charge in [-0.3, -0.25) is 19.3 Å². The lowest BCUT2D eigenvalue weighted by Crippen LogP contribution is -2.54. The summed E-state index contributed by atoms with van der Waals surface area (Å²) in [7, 11) is 3.37. The fraction of sp³-hybridized carbons (Fsp3) is 0.172. The third-order valence-electron chi connectivity index (χ3n) is 6.29. The molecule has 0 spiro atoms. The number of hydrogen-bond donors (Lipinski definition) is 0. The number of pyridine rings is 1. The Morgan fingerprint density at radius 1 is 0.861 bits per heavy atom. The number of hydrogen-bond acceptors (Lipinski definition) is 5. The number of carbonyl (C=O) groups is 1. The summed E-state index contributed by atoms with van der Waals surface area (Å²) in [5.41, 5.74) is 2.72. The van der Waals surface area contributed by atoms with Gasteiger partial charge in [0.2, 0.25) is 5.43 Å². The zero-order valence-electron chi connectivity index (χ0n) is 20.2. The van der Waals surface area contributed by atoms with Crippen LogP contribution in [0, 0.1) is 0 Å². The van der Waals surface area contributed by atoms with E-state index in [2.05, 4.69) is 0 Å². The van der Waals surface area contributed by atoms with Crippen molar-refractivity contribution in [3.8, 4) is 11.5 Å². The Hall–Kier alpha value is -4.52. The van der Waals surface area contributed by atoms with E-state index in [0.29, 0.717) is 6.67 Å². The lowest BCUT2D eigenvalue weighted by Gasteiger charge is -2.43. The average molecular weight is 482 g/mol. The third-order valence-corrected chi connectivity index (χ3v) is 6.29. The van der Waals surface area contributed by atoms with Gasteiger partial charge in [-0.05, 0) is 17.2 Å². The van der Waals surface area contributed by atoms with E-state index in [-0.39, 0.29) is 35.4 Å². The number of carbonyl (C=O) groups excluding carboxylic acids is 1. The van der Waals surface area contributed by atoms with Gasteiger partial charge in [-0.15, -0.1) is 0 Å². The number of rotatable bonds is 7. The first-order valence-corrected chi connectivity index (χ1v) is 11.7. The van der Waals surface area contributed by atoms with Crippen LogP contribution < -0.4 is 19.9 Å². The molecule has 1 aliphatic heterocycles. The van der Waals surface area contributed by atoms with Crippen LogP contribution in [-0.4, -0.2) is 36.3 Å². The van der Waals surface area contributed by atoms with Crippen molar-refractivity contribution in [2.24, 2.45) is 0 Å². The van der Waals surface area contributed by atoms with Crippen LogP contribution >= 0.6 is 0 Å². The predicted octanol–water partition coefficient (Wildman–Crippen LogP) is 4.21. The number of benzene rings is 3. The summed E-state index contributed by atoms with van der Waals surface area (Å²) < 4.78 is 13.5. The van der Waals surface area contributed by atoms with Crippen molar-refractivity contribution < 1.29 is 14.3 Å². The van der Waals surface area contributed by atoms with E-state index >= 15 is 0 Å². The highest BCUT2D eigenvalue weighted by Gasteiger charge is 2.36. The lowest BCUT2D eigenvalue weighted by molar-refractivity contribution is 0.0723. The molecule has 0 fully saturated rings. The summed E-state index contributed by atoms with van der Waals surface area (Å²) in [6.45, 7) is 0.475. The first kappa shape index (κ1) is 23.2. The number of fused-ring (bicyclic) bond motifs is 1. The number of nitrogens with zero attached hydrogens (tertiary/aromatic N) is 3. The number of amides is 1. The number of ether oxygens (including phenoxy) is 2. The van der Waals surface area contributed by atoms with Crippen LogP contribution in [0.25, 0.3) is 0 Å². The Labute approximate surface area is 209 Å². The van der Waals surface area contributed by atoms with E-state index in [0.717, 1.165) is 22.4 Å². The Kier molecular flexibility index (Phi) is 6.45. The van der Waals surface area contributed by atoms with Gasteiger partial charge in [0.15, 0.2) is 11.4 Å². The molecule has 36 heavy (non-hydrogen) atoms. The van der Waals surface area contributed by atoms with E-state index in [1.807, 2.05) is 89.9 Å². The molecule has 7 nitrogen and oxygen atoms in total. The van der Waals surface area contributed by atoms with Crippen molar-refractivity contribution >= 4 is 5.91 Å². The van der Waals surface area contributed by atoms with E-state index in [9.17, 15) is 9.59 Å². The van der Waals surface area contributed by atoms with Gasteiger partial charge in [0, 0.05) is 24.9 Å². The van der Waals surface area contributed by atoms with Crippen LogP contribution in [0.1, 0.15) is 33.2 Å². The maximum absolute atomic E-state index is 13.4. The second-order valence-corrected chi connectivity index (χ2v) is 8.62. The highest BCUT2D eigenvalue weighted by atomic mass is 16.5. The quantitative estimate of drug-likeness (QED) is 0.396. The minimum absolute atomic E-state index is 0.0368. The molecular formula is C29H27N3O4. The summed E-state index contributed by atoms with van der Waals surface area (Å²) in [4.78, 5) is 27.9. The Morgan fingerprint density at radius 2 is 1.53 bits per heavy atom. The fourth-order valence-electron chi connectivity index (χ4n) is 4.56. The molecule has 1 unspecified atom stereocenters. The molecule has 1 aromatic heterocycles. The SMILES string of the molecule is COc1ccccc1C(c1ccccc1)N1CN(C)C(=O)c2c(OCc3ccccc3)c(=O)ccn21. The topological polar surface area (TPSA) is 64.0 Å². The molecule has 0 radical (unpaired) electrons. The first-order valence-electron chi connectivity index (χ1n) is 11.7. The van der Waals surface area contributed by atoms with Gasteiger partial charge in [-0.1, -0.05) is 78.9 Å². The Balaban J connectivity index is 1.66. The lowest BCUT2D eigenvalue weighted by atomic mass is 9.97. The van der Waals surface area contributed by atoms with Crippen molar-refractivity contribution in [2.45, 2.75) is 12.6 Å². The van der Waals surface area contributed by atoms with Crippen molar-refractivity contribution in [3.63, 3.8) is 0 Å². The molecule has 4 aromatic rings. The molecule has 5 rings (SSSR count). The van der Waals surface area contributed by atoms with E-state index in [1.165, 1.54) is 6.07 Å². The first-order chi connectivity index (χ1) is 17.6. The Morgan fingerprint density at radius 3 is 2.25 bits per heavy atom. The van der Waals surface area contributed by atoms with Gasteiger partial charge in [0.25, 0.3) is 5.91 Å². The summed E-state index contributed by atoms with van der Waals surface area (Å²) in [6.07, 6.45) is 1.64. The van der Waals surface area contributed by atoms with Gasteiger partial charge in [0.1, 0.15) is 25.1 Å². The van der Waals surface area contributed by atoms with Gasteiger partial charge in [-0.25, -0.2) is 0 Å². The molecule has 3 aromatic carbocycles. The molecule has 1 aliphatic rings. The molecule has 0 bridgehead atoms. The largest absolute Gasteiger partial charge is 0.496 e. The van der Waals surface area contributed by atoms with E-state index < -0.39 is 0 Å². The molecule has 1 amide bonds. The standard InChI is InChI=1S/C29H27N3O4/c1-30-20-32(26(22-13-7-4-8-14-22)23-15-9-10-16-25(23)35-2)31-18-17-24(33)28(27(31)29(30)34)36-19-21-11-5-3-6-12-21/h3-18,26H,19-20H2,1-2H3. The number of methoxy groups -OCH3 is 1. The van der Waals surface area contributed by atoms with E-state index in [4.69, 9.17) is 9.47 Å². The average Bonchev–Trinajstić information content (AvgIpc) is 2.92. The monoisotopic (exact) mass is 481 g/mol. The van der Waals surface area contributed by atoms with Crippen molar-refractivity contribution in [3.05, 3.63) is 130 Å². The predicted molar refractivity (Wildman–Crippen MR) is 138 cm³/mol. The van der Waals surface area contributed by atoms with Crippen LogP contribution in [-0.2, 0) is 6.61 Å². The zero-order chi connectivity index (χ0) is 25.1. The van der Waals surface area contributed by atoms with Crippen molar-refractivity contribution in [2.75, 3.05) is 25.8 Å². The van der Waals surface area contributed by atoms with Crippen molar-refractivity contribution in [1.29, 1.82) is 0 Å². The van der Waals surface area contributed by atoms with Gasteiger partial charge in [-0.2, -0.15) is 0 Å². The molecule has 7 heteroatoms. The summed E-state index contributed by atoms with van der Waals surface area (Å²) in [5.74, 6) is 0.489. The maximum Gasteiger partial charge on any atom is 0.277 e. The number of aromatic nitrogens is 1. The normalized spacial score (nSPS) is 13.8. The summed E-state index contributed by atoms with van der Waals surface area (Å²) >= 11 is 0. The molecule has 0 N–H and O–H groups in total. The molecule has 182 valence electrons.